The number of pyridine rings is 1. The summed E-state index contributed by atoms with van der Waals surface area (Å²) in [4.78, 5) is 16.6. The van der Waals surface area contributed by atoms with Crippen LogP contribution in [-0.4, -0.2) is 29.1 Å². The molecule has 0 aliphatic heterocycles. The minimum absolute atomic E-state index is 0.173. The third kappa shape index (κ3) is 5.48. The van der Waals surface area contributed by atoms with Gasteiger partial charge in [-0.05, 0) is 42.3 Å². The molecular weight excluding hydrogens is 338 g/mol. The maximum absolute atomic E-state index is 12.5. The molecule has 0 spiro atoms. The monoisotopic (exact) mass is 361 g/mol. The van der Waals surface area contributed by atoms with Gasteiger partial charge in [-0.25, -0.2) is 0 Å². The van der Waals surface area contributed by atoms with Gasteiger partial charge in [0.1, 0.15) is 0 Å². The Balaban J connectivity index is 1.54. The number of hydrogen-bond donors (Lipinski definition) is 3. The van der Waals surface area contributed by atoms with Crippen LogP contribution >= 0.6 is 0 Å². The molecule has 3 aromatic rings. The second-order valence-electron chi connectivity index (χ2n) is 6.23. The van der Waals surface area contributed by atoms with E-state index in [9.17, 15) is 9.90 Å². The predicted octanol–water partition coefficient (Wildman–Crippen LogP) is 3.20. The maximum Gasteiger partial charge on any atom is 0.257 e. The van der Waals surface area contributed by atoms with Crippen molar-refractivity contribution in [2.24, 2.45) is 0 Å². The van der Waals surface area contributed by atoms with Gasteiger partial charge in [0.15, 0.2) is 0 Å². The van der Waals surface area contributed by atoms with Gasteiger partial charge < -0.3 is 15.7 Å². The molecule has 3 rings (SSSR count). The van der Waals surface area contributed by atoms with Crippen molar-refractivity contribution in [3.63, 3.8) is 0 Å². The normalized spacial score (nSPS) is 11.7. The minimum Gasteiger partial charge on any atom is -0.387 e. The number of nitrogens with zero attached hydrogens (tertiary/aromatic N) is 1. The van der Waals surface area contributed by atoms with Crippen LogP contribution in [-0.2, 0) is 6.42 Å². The second kappa shape index (κ2) is 9.62. The summed E-state index contributed by atoms with van der Waals surface area (Å²) in [5.41, 5.74) is 3.12. The fourth-order valence-electron chi connectivity index (χ4n) is 2.82. The Morgan fingerprint density at radius 1 is 1.00 bits per heavy atom. The Morgan fingerprint density at radius 2 is 1.70 bits per heavy atom. The lowest BCUT2D eigenvalue weighted by molar-refractivity contribution is 0.102. The van der Waals surface area contributed by atoms with E-state index in [2.05, 4.69) is 15.6 Å². The number of benzene rings is 2. The van der Waals surface area contributed by atoms with Crippen molar-refractivity contribution in [2.45, 2.75) is 12.5 Å². The van der Waals surface area contributed by atoms with E-state index in [0.29, 0.717) is 25.1 Å². The van der Waals surface area contributed by atoms with Crippen LogP contribution < -0.4 is 10.6 Å². The van der Waals surface area contributed by atoms with E-state index in [0.717, 1.165) is 16.8 Å². The molecule has 5 heteroatoms. The van der Waals surface area contributed by atoms with Crippen LogP contribution in [0.4, 0.5) is 5.69 Å². The topological polar surface area (TPSA) is 74.2 Å². The second-order valence-corrected chi connectivity index (χ2v) is 6.23. The fourth-order valence-corrected chi connectivity index (χ4v) is 2.82. The fraction of sp³-hybridized carbons (Fsp3) is 0.182. The number of nitrogens with one attached hydrogen (secondary N) is 2. The first-order chi connectivity index (χ1) is 13.2. The number of anilines is 1. The van der Waals surface area contributed by atoms with Gasteiger partial charge in [-0.3, -0.25) is 9.78 Å². The lowest BCUT2D eigenvalue weighted by Gasteiger charge is -2.13. The number of carbonyl (C=O) groups is 1. The quantitative estimate of drug-likeness (QED) is 0.539. The smallest absolute Gasteiger partial charge is 0.257 e. The standard InChI is InChI=1S/C22H23N3O2/c26-21(18-7-3-1-4-8-18)16-24-14-12-17-11-13-23-15-20(17)22(27)25-19-9-5-2-6-10-19/h1-11,13,15,21,24,26H,12,14,16H2,(H,25,27)/t21-/m0/s1. The van der Waals surface area contributed by atoms with E-state index in [1.54, 1.807) is 12.4 Å². The average molecular weight is 361 g/mol. The summed E-state index contributed by atoms with van der Waals surface area (Å²) in [5, 5.41) is 16.3. The highest BCUT2D eigenvalue weighted by atomic mass is 16.3. The molecule has 0 radical (unpaired) electrons. The molecular formula is C22H23N3O2. The molecule has 0 unspecified atom stereocenters. The van der Waals surface area contributed by atoms with Gasteiger partial charge in [0, 0.05) is 24.6 Å². The Bertz CT molecular complexity index is 854. The number of para-hydroxylation sites is 1. The third-order valence-electron chi connectivity index (χ3n) is 4.28. The van der Waals surface area contributed by atoms with E-state index in [1.165, 1.54) is 0 Å². The number of amides is 1. The molecule has 0 saturated heterocycles. The molecule has 0 saturated carbocycles. The molecule has 5 nitrogen and oxygen atoms in total. The number of rotatable bonds is 8. The molecule has 2 aromatic carbocycles. The van der Waals surface area contributed by atoms with Gasteiger partial charge in [0.2, 0.25) is 0 Å². The SMILES string of the molecule is O=C(Nc1ccccc1)c1cnccc1CCNC[C@H](O)c1ccccc1. The molecule has 0 fully saturated rings. The first-order valence-electron chi connectivity index (χ1n) is 8.97. The molecule has 1 atom stereocenters. The molecule has 3 N–H and O–H groups in total. The van der Waals surface area contributed by atoms with E-state index in [1.807, 2.05) is 66.7 Å². The van der Waals surface area contributed by atoms with E-state index < -0.39 is 6.10 Å². The number of aliphatic hydroxyl groups excluding tert-OH is 1. The van der Waals surface area contributed by atoms with Crippen molar-refractivity contribution in [1.82, 2.24) is 10.3 Å². The van der Waals surface area contributed by atoms with Crippen molar-refractivity contribution in [2.75, 3.05) is 18.4 Å². The van der Waals surface area contributed by atoms with Crippen LogP contribution in [0.2, 0.25) is 0 Å². The Kier molecular flexibility index (Phi) is 6.68. The molecule has 1 amide bonds. The van der Waals surface area contributed by atoms with Gasteiger partial charge in [-0.2, -0.15) is 0 Å². The first kappa shape index (κ1) is 18.8. The zero-order valence-electron chi connectivity index (χ0n) is 15.0. The van der Waals surface area contributed by atoms with Crippen LogP contribution in [0.15, 0.2) is 79.1 Å². The Hall–Kier alpha value is -3.02. The average Bonchev–Trinajstić information content (AvgIpc) is 2.72. The molecule has 1 heterocycles. The zero-order chi connectivity index (χ0) is 18.9. The summed E-state index contributed by atoms with van der Waals surface area (Å²) < 4.78 is 0. The molecule has 0 bridgehead atoms. The van der Waals surface area contributed by atoms with Crippen LogP contribution in [0.5, 0.6) is 0 Å². The number of aliphatic hydroxyl groups is 1. The van der Waals surface area contributed by atoms with E-state index in [4.69, 9.17) is 0 Å². The van der Waals surface area contributed by atoms with E-state index >= 15 is 0 Å². The molecule has 0 aliphatic rings. The number of aromatic nitrogens is 1. The molecule has 27 heavy (non-hydrogen) atoms. The van der Waals surface area contributed by atoms with Crippen molar-refractivity contribution in [1.29, 1.82) is 0 Å². The maximum atomic E-state index is 12.5. The lowest BCUT2D eigenvalue weighted by atomic mass is 10.1. The number of hydrogen-bond acceptors (Lipinski definition) is 4. The molecule has 0 aliphatic carbocycles. The largest absolute Gasteiger partial charge is 0.387 e. The van der Waals surface area contributed by atoms with Crippen LogP contribution in [0.3, 0.4) is 0 Å². The van der Waals surface area contributed by atoms with Crippen molar-refractivity contribution in [3.05, 3.63) is 95.8 Å². The van der Waals surface area contributed by atoms with E-state index in [-0.39, 0.29) is 5.91 Å². The van der Waals surface area contributed by atoms with Gasteiger partial charge in [-0.1, -0.05) is 48.5 Å². The van der Waals surface area contributed by atoms with Gasteiger partial charge in [0.25, 0.3) is 5.91 Å². The van der Waals surface area contributed by atoms with Crippen molar-refractivity contribution >= 4 is 11.6 Å². The highest BCUT2D eigenvalue weighted by Crippen LogP contribution is 2.13. The van der Waals surface area contributed by atoms with Crippen LogP contribution in [0.25, 0.3) is 0 Å². The summed E-state index contributed by atoms with van der Waals surface area (Å²) in [6.45, 7) is 1.11. The molecule has 1 aromatic heterocycles. The Morgan fingerprint density at radius 3 is 2.44 bits per heavy atom. The zero-order valence-corrected chi connectivity index (χ0v) is 15.0. The third-order valence-corrected chi connectivity index (χ3v) is 4.28. The summed E-state index contributed by atoms with van der Waals surface area (Å²) in [6, 6.07) is 20.8. The van der Waals surface area contributed by atoms with Gasteiger partial charge in [0.05, 0.1) is 11.7 Å². The van der Waals surface area contributed by atoms with Gasteiger partial charge in [-0.15, -0.1) is 0 Å². The summed E-state index contributed by atoms with van der Waals surface area (Å²) >= 11 is 0. The first-order valence-corrected chi connectivity index (χ1v) is 8.97. The predicted molar refractivity (Wildman–Crippen MR) is 107 cm³/mol. The number of carbonyl (C=O) groups excluding carboxylic acids is 1. The van der Waals surface area contributed by atoms with Crippen LogP contribution in [0, 0.1) is 0 Å². The van der Waals surface area contributed by atoms with Crippen molar-refractivity contribution in [3.8, 4) is 0 Å². The van der Waals surface area contributed by atoms with Crippen LogP contribution in [0.1, 0.15) is 27.6 Å². The highest BCUT2D eigenvalue weighted by Gasteiger charge is 2.12. The summed E-state index contributed by atoms with van der Waals surface area (Å²) in [5.74, 6) is -0.173. The van der Waals surface area contributed by atoms with Crippen molar-refractivity contribution < 1.29 is 9.90 Å². The van der Waals surface area contributed by atoms with Gasteiger partial charge >= 0.3 is 0 Å². The molecule has 138 valence electrons. The Labute approximate surface area is 159 Å². The summed E-state index contributed by atoms with van der Waals surface area (Å²) in [6.07, 6.45) is 3.39. The summed E-state index contributed by atoms with van der Waals surface area (Å²) in [7, 11) is 0. The highest BCUT2D eigenvalue weighted by molar-refractivity contribution is 6.05. The minimum atomic E-state index is -0.551. The lowest BCUT2D eigenvalue weighted by Crippen LogP contribution is -2.24.